The minimum absolute atomic E-state index is 0.0739. The highest BCUT2D eigenvalue weighted by atomic mass is 16.1. The monoisotopic (exact) mass is 279 g/mol. The highest BCUT2D eigenvalue weighted by Crippen LogP contribution is 2.10. The molecular formula is C17H17N3O. The van der Waals surface area contributed by atoms with E-state index in [9.17, 15) is 4.79 Å². The molecule has 21 heavy (non-hydrogen) atoms. The highest BCUT2D eigenvalue weighted by Gasteiger charge is 2.08. The Hall–Kier alpha value is -2.62. The van der Waals surface area contributed by atoms with Gasteiger partial charge in [0.25, 0.3) is 5.91 Å². The van der Waals surface area contributed by atoms with Crippen LogP contribution >= 0.6 is 0 Å². The third kappa shape index (κ3) is 2.79. The lowest BCUT2D eigenvalue weighted by Crippen LogP contribution is -2.23. The molecule has 3 rings (SSSR count). The van der Waals surface area contributed by atoms with Crippen molar-refractivity contribution in [1.82, 2.24) is 14.9 Å². The van der Waals surface area contributed by atoms with Crippen LogP contribution in [0.25, 0.3) is 5.52 Å². The van der Waals surface area contributed by atoms with Crippen molar-refractivity contribution in [2.45, 2.75) is 20.4 Å². The number of nitrogens with one attached hydrogen (secondary N) is 1. The van der Waals surface area contributed by atoms with E-state index in [-0.39, 0.29) is 5.91 Å². The van der Waals surface area contributed by atoms with Gasteiger partial charge in [-0.05, 0) is 55.3 Å². The van der Waals surface area contributed by atoms with E-state index in [1.54, 1.807) is 4.52 Å². The summed E-state index contributed by atoms with van der Waals surface area (Å²) in [6.07, 6.45) is 1.89. The second kappa shape index (κ2) is 5.40. The zero-order valence-corrected chi connectivity index (χ0v) is 12.1. The zero-order chi connectivity index (χ0) is 14.8. The third-order valence-corrected chi connectivity index (χ3v) is 3.62. The van der Waals surface area contributed by atoms with Gasteiger partial charge in [0, 0.05) is 11.8 Å². The number of rotatable bonds is 3. The lowest BCUT2D eigenvalue weighted by atomic mass is 10.1. The number of carbonyl (C=O) groups excluding carboxylic acids is 1. The van der Waals surface area contributed by atoms with Crippen LogP contribution in [0.2, 0.25) is 0 Å². The molecule has 4 nitrogen and oxygen atoms in total. The maximum absolute atomic E-state index is 12.2. The van der Waals surface area contributed by atoms with Crippen LogP contribution in [-0.2, 0) is 6.54 Å². The number of fused-ring (bicyclic) bond motifs is 1. The zero-order valence-electron chi connectivity index (χ0n) is 12.1. The Labute approximate surface area is 123 Å². The van der Waals surface area contributed by atoms with Crippen LogP contribution in [0.15, 0.2) is 48.7 Å². The normalized spacial score (nSPS) is 10.8. The van der Waals surface area contributed by atoms with Crippen molar-refractivity contribution in [2.24, 2.45) is 0 Å². The molecule has 0 aliphatic carbocycles. The number of aryl methyl sites for hydroxylation is 2. The van der Waals surface area contributed by atoms with Gasteiger partial charge in [0.15, 0.2) is 0 Å². The van der Waals surface area contributed by atoms with E-state index in [1.165, 1.54) is 5.56 Å². The van der Waals surface area contributed by atoms with Crippen molar-refractivity contribution in [3.63, 3.8) is 0 Å². The van der Waals surface area contributed by atoms with E-state index in [0.29, 0.717) is 12.1 Å². The quantitative estimate of drug-likeness (QED) is 0.801. The van der Waals surface area contributed by atoms with Gasteiger partial charge in [-0.2, -0.15) is 5.10 Å². The van der Waals surface area contributed by atoms with Crippen LogP contribution in [0.3, 0.4) is 0 Å². The molecule has 1 N–H and O–H groups in total. The van der Waals surface area contributed by atoms with Crippen molar-refractivity contribution < 1.29 is 4.79 Å². The minimum Gasteiger partial charge on any atom is -0.346 e. The Morgan fingerprint density at radius 3 is 2.76 bits per heavy atom. The number of carbonyl (C=O) groups is 1. The molecule has 0 atom stereocenters. The number of amides is 1. The number of nitrogens with zero attached hydrogens (tertiary/aromatic N) is 2. The summed E-state index contributed by atoms with van der Waals surface area (Å²) >= 11 is 0. The Morgan fingerprint density at radius 2 is 2.00 bits per heavy atom. The van der Waals surface area contributed by atoms with E-state index in [0.717, 1.165) is 16.8 Å². The molecule has 106 valence electrons. The van der Waals surface area contributed by atoms with Gasteiger partial charge in [-0.3, -0.25) is 4.79 Å². The van der Waals surface area contributed by atoms with Crippen molar-refractivity contribution in [2.75, 3.05) is 0 Å². The molecule has 3 aromatic rings. The molecular weight excluding hydrogens is 262 g/mol. The topological polar surface area (TPSA) is 46.4 Å². The molecule has 0 saturated heterocycles. The SMILES string of the molecule is Cc1ccc(C(=O)NCc2cc3ccccn3n2)cc1C. The molecule has 2 heterocycles. The number of hydrogen-bond acceptors (Lipinski definition) is 2. The van der Waals surface area contributed by atoms with Crippen molar-refractivity contribution in [3.05, 3.63) is 71.0 Å². The molecule has 0 bridgehead atoms. The van der Waals surface area contributed by atoms with Gasteiger partial charge in [-0.1, -0.05) is 12.1 Å². The summed E-state index contributed by atoms with van der Waals surface area (Å²) in [6.45, 7) is 4.47. The van der Waals surface area contributed by atoms with Gasteiger partial charge in [0.1, 0.15) is 0 Å². The van der Waals surface area contributed by atoms with Crippen LogP contribution in [0, 0.1) is 13.8 Å². The molecule has 2 aromatic heterocycles. The Bertz CT molecular complexity index is 772. The van der Waals surface area contributed by atoms with Crippen LogP contribution in [-0.4, -0.2) is 15.5 Å². The molecule has 0 aliphatic rings. The summed E-state index contributed by atoms with van der Waals surface area (Å²) < 4.78 is 1.80. The van der Waals surface area contributed by atoms with Gasteiger partial charge in [-0.25, -0.2) is 4.52 Å². The Morgan fingerprint density at radius 1 is 1.14 bits per heavy atom. The molecule has 0 unspecified atom stereocenters. The molecule has 0 fully saturated rings. The van der Waals surface area contributed by atoms with Gasteiger partial charge in [-0.15, -0.1) is 0 Å². The maximum atomic E-state index is 12.2. The molecule has 0 aliphatic heterocycles. The average Bonchev–Trinajstić information content (AvgIpc) is 2.90. The summed E-state index contributed by atoms with van der Waals surface area (Å²) in [7, 11) is 0. The second-order valence-corrected chi connectivity index (χ2v) is 5.19. The lowest BCUT2D eigenvalue weighted by molar-refractivity contribution is 0.0950. The molecule has 4 heteroatoms. The molecule has 0 spiro atoms. The minimum atomic E-state index is -0.0739. The van der Waals surface area contributed by atoms with Crippen molar-refractivity contribution >= 4 is 11.4 Å². The second-order valence-electron chi connectivity index (χ2n) is 5.19. The summed E-state index contributed by atoms with van der Waals surface area (Å²) in [5.74, 6) is -0.0739. The summed E-state index contributed by atoms with van der Waals surface area (Å²) in [5, 5.41) is 7.32. The number of benzene rings is 1. The molecule has 0 saturated carbocycles. The predicted molar refractivity (Wildman–Crippen MR) is 82.3 cm³/mol. The predicted octanol–water partition coefficient (Wildman–Crippen LogP) is 2.88. The molecule has 1 aromatic carbocycles. The lowest BCUT2D eigenvalue weighted by Gasteiger charge is -2.05. The Balaban J connectivity index is 1.71. The van der Waals surface area contributed by atoms with E-state index in [4.69, 9.17) is 0 Å². The average molecular weight is 279 g/mol. The van der Waals surface area contributed by atoms with Crippen LogP contribution in [0.1, 0.15) is 27.2 Å². The van der Waals surface area contributed by atoms with Gasteiger partial charge >= 0.3 is 0 Å². The first-order valence-corrected chi connectivity index (χ1v) is 6.92. The number of aromatic nitrogens is 2. The molecule has 1 amide bonds. The summed E-state index contributed by atoms with van der Waals surface area (Å²) in [5.41, 5.74) is 4.86. The fraction of sp³-hybridized carbons (Fsp3) is 0.176. The number of pyridine rings is 1. The van der Waals surface area contributed by atoms with Gasteiger partial charge in [0.2, 0.25) is 0 Å². The van der Waals surface area contributed by atoms with Crippen molar-refractivity contribution in [3.8, 4) is 0 Å². The summed E-state index contributed by atoms with van der Waals surface area (Å²) in [4.78, 5) is 12.2. The standard InChI is InChI=1S/C17H17N3O/c1-12-6-7-14(9-13(12)2)17(21)18-11-15-10-16-5-3-4-8-20(16)19-15/h3-10H,11H2,1-2H3,(H,18,21). The fourth-order valence-corrected chi connectivity index (χ4v) is 2.23. The van der Waals surface area contributed by atoms with Crippen LogP contribution < -0.4 is 5.32 Å². The first kappa shape index (κ1) is 13.4. The third-order valence-electron chi connectivity index (χ3n) is 3.62. The van der Waals surface area contributed by atoms with Crippen molar-refractivity contribution in [1.29, 1.82) is 0 Å². The fourth-order valence-electron chi connectivity index (χ4n) is 2.23. The first-order valence-electron chi connectivity index (χ1n) is 6.92. The largest absolute Gasteiger partial charge is 0.346 e. The van der Waals surface area contributed by atoms with E-state index in [2.05, 4.69) is 10.4 Å². The van der Waals surface area contributed by atoms with E-state index in [1.807, 2.05) is 62.5 Å². The molecule has 0 radical (unpaired) electrons. The van der Waals surface area contributed by atoms with Gasteiger partial charge < -0.3 is 5.32 Å². The first-order chi connectivity index (χ1) is 10.1. The van der Waals surface area contributed by atoms with E-state index >= 15 is 0 Å². The Kier molecular flexibility index (Phi) is 3.44. The smallest absolute Gasteiger partial charge is 0.251 e. The maximum Gasteiger partial charge on any atom is 0.251 e. The van der Waals surface area contributed by atoms with Gasteiger partial charge in [0.05, 0.1) is 17.8 Å². The van der Waals surface area contributed by atoms with Crippen LogP contribution in [0.5, 0.6) is 0 Å². The highest BCUT2D eigenvalue weighted by molar-refractivity contribution is 5.94. The summed E-state index contributed by atoms with van der Waals surface area (Å²) in [6, 6.07) is 13.6. The number of hydrogen-bond donors (Lipinski definition) is 1. The van der Waals surface area contributed by atoms with E-state index < -0.39 is 0 Å². The van der Waals surface area contributed by atoms with Crippen LogP contribution in [0.4, 0.5) is 0 Å².